The van der Waals surface area contributed by atoms with Crippen LogP contribution in [0.15, 0.2) is 49.1 Å². The van der Waals surface area contributed by atoms with Crippen LogP contribution in [-0.4, -0.2) is 74.1 Å². The number of likely N-dealkylation sites (N-methyl/N-ethyl adjacent to an activating group) is 1. The van der Waals surface area contributed by atoms with Gasteiger partial charge in [-0.1, -0.05) is 13.0 Å². The van der Waals surface area contributed by atoms with Crippen molar-refractivity contribution in [2.75, 3.05) is 45.2 Å². The molecule has 0 aliphatic carbocycles. The standard InChI is InChI=1S/C27H34N8O/c1-5-33-11-13-34(14-12-33)17-20-8-9-24(29-15-20)31-27-30-16-23(36-4)26(32-27)21-18-35(19(2)3)22-7-6-10-28-25(21)22/h6-10,15-16,18-19H,5,11-14,17H2,1-4H3,(H,29,30,31,32). The maximum absolute atomic E-state index is 5.61. The van der Waals surface area contributed by atoms with E-state index in [4.69, 9.17) is 9.72 Å². The van der Waals surface area contributed by atoms with Gasteiger partial charge in [-0.3, -0.25) is 9.88 Å². The highest BCUT2D eigenvalue weighted by atomic mass is 16.5. The molecule has 1 aliphatic heterocycles. The molecule has 0 radical (unpaired) electrons. The van der Waals surface area contributed by atoms with Gasteiger partial charge in [0.25, 0.3) is 0 Å². The van der Waals surface area contributed by atoms with Crippen LogP contribution >= 0.6 is 0 Å². The van der Waals surface area contributed by atoms with Crippen LogP contribution in [0.1, 0.15) is 32.4 Å². The van der Waals surface area contributed by atoms with Crippen molar-refractivity contribution in [2.45, 2.75) is 33.4 Å². The second kappa shape index (κ2) is 10.6. The predicted molar refractivity (Wildman–Crippen MR) is 143 cm³/mol. The molecule has 4 aromatic rings. The van der Waals surface area contributed by atoms with Crippen LogP contribution in [0.4, 0.5) is 11.8 Å². The fraction of sp³-hybridized carbons (Fsp3) is 0.407. The number of anilines is 2. The summed E-state index contributed by atoms with van der Waals surface area (Å²) in [4.78, 5) is 23.5. The maximum atomic E-state index is 5.61. The lowest BCUT2D eigenvalue weighted by molar-refractivity contribution is 0.132. The Bertz CT molecular complexity index is 1310. The Balaban J connectivity index is 1.36. The van der Waals surface area contributed by atoms with E-state index in [0.29, 0.717) is 23.2 Å². The van der Waals surface area contributed by atoms with Crippen molar-refractivity contribution in [3.8, 4) is 17.0 Å². The molecule has 9 heteroatoms. The van der Waals surface area contributed by atoms with Crippen molar-refractivity contribution < 1.29 is 4.74 Å². The van der Waals surface area contributed by atoms with Crippen molar-refractivity contribution in [2.24, 2.45) is 0 Å². The van der Waals surface area contributed by atoms with Gasteiger partial charge in [0.2, 0.25) is 5.95 Å². The summed E-state index contributed by atoms with van der Waals surface area (Å²) in [5.41, 5.74) is 4.76. The van der Waals surface area contributed by atoms with E-state index < -0.39 is 0 Å². The number of fused-ring (bicyclic) bond motifs is 1. The van der Waals surface area contributed by atoms with Crippen LogP contribution in [-0.2, 0) is 6.54 Å². The summed E-state index contributed by atoms with van der Waals surface area (Å²) in [5.74, 6) is 1.76. The Morgan fingerprint density at radius 2 is 1.81 bits per heavy atom. The summed E-state index contributed by atoms with van der Waals surface area (Å²) in [6, 6.07) is 8.42. The molecule has 9 nitrogen and oxygen atoms in total. The third-order valence-electron chi connectivity index (χ3n) is 6.76. The molecule has 0 amide bonds. The van der Waals surface area contributed by atoms with Gasteiger partial charge >= 0.3 is 0 Å². The largest absolute Gasteiger partial charge is 0.493 e. The monoisotopic (exact) mass is 486 g/mol. The number of hydrogen-bond donors (Lipinski definition) is 1. The number of rotatable bonds is 8. The Morgan fingerprint density at radius 1 is 1.00 bits per heavy atom. The molecule has 0 spiro atoms. The average molecular weight is 487 g/mol. The second-order valence-electron chi connectivity index (χ2n) is 9.41. The zero-order chi connectivity index (χ0) is 25.1. The molecule has 1 saturated heterocycles. The summed E-state index contributed by atoms with van der Waals surface area (Å²) in [5, 5.41) is 3.25. The minimum atomic E-state index is 0.286. The van der Waals surface area contributed by atoms with E-state index in [1.54, 1.807) is 19.5 Å². The molecule has 4 aromatic heterocycles. The van der Waals surface area contributed by atoms with E-state index in [9.17, 15) is 0 Å². The number of piperazine rings is 1. The van der Waals surface area contributed by atoms with Gasteiger partial charge in [0.1, 0.15) is 11.5 Å². The van der Waals surface area contributed by atoms with Gasteiger partial charge in [0.05, 0.1) is 24.3 Å². The lowest BCUT2D eigenvalue weighted by Crippen LogP contribution is -2.45. The fourth-order valence-corrected chi connectivity index (χ4v) is 4.68. The first kappa shape index (κ1) is 24.1. The topological polar surface area (TPSA) is 84.2 Å². The summed E-state index contributed by atoms with van der Waals surface area (Å²) in [6.07, 6.45) is 7.51. The van der Waals surface area contributed by atoms with Gasteiger partial charge in [0, 0.05) is 62.9 Å². The van der Waals surface area contributed by atoms with Crippen LogP contribution in [0.3, 0.4) is 0 Å². The first-order valence-electron chi connectivity index (χ1n) is 12.6. The van der Waals surface area contributed by atoms with Crippen LogP contribution in [0, 0.1) is 0 Å². The van der Waals surface area contributed by atoms with Gasteiger partial charge in [-0.15, -0.1) is 0 Å². The first-order chi connectivity index (χ1) is 17.6. The quantitative estimate of drug-likeness (QED) is 0.393. The predicted octanol–water partition coefficient (Wildman–Crippen LogP) is 4.36. The van der Waals surface area contributed by atoms with Crippen molar-refractivity contribution in [3.05, 3.63) is 54.6 Å². The molecule has 36 heavy (non-hydrogen) atoms. The molecule has 0 atom stereocenters. The van der Waals surface area contributed by atoms with Gasteiger partial charge in [-0.2, -0.15) is 0 Å². The van der Waals surface area contributed by atoms with Crippen molar-refractivity contribution in [1.29, 1.82) is 0 Å². The van der Waals surface area contributed by atoms with Gasteiger partial charge in [-0.05, 0) is 44.2 Å². The average Bonchev–Trinajstić information content (AvgIpc) is 3.30. The van der Waals surface area contributed by atoms with E-state index in [0.717, 1.165) is 55.9 Å². The number of aromatic nitrogens is 5. The Kier molecular flexibility index (Phi) is 7.11. The van der Waals surface area contributed by atoms with Crippen LogP contribution in [0.25, 0.3) is 22.3 Å². The van der Waals surface area contributed by atoms with E-state index in [1.165, 1.54) is 5.56 Å². The molecule has 5 rings (SSSR count). The van der Waals surface area contributed by atoms with E-state index in [2.05, 4.69) is 73.7 Å². The molecule has 0 aromatic carbocycles. The molecule has 0 bridgehead atoms. The molecule has 1 N–H and O–H groups in total. The fourth-order valence-electron chi connectivity index (χ4n) is 4.68. The normalized spacial score (nSPS) is 15.0. The van der Waals surface area contributed by atoms with Crippen molar-refractivity contribution in [3.63, 3.8) is 0 Å². The Hall–Kier alpha value is -3.56. The summed E-state index contributed by atoms with van der Waals surface area (Å²) in [7, 11) is 1.63. The van der Waals surface area contributed by atoms with Crippen molar-refractivity contribution in [1.82, 2.24) is 34.3 Å². The minimum Gasteiger partial charge on any atom is -0.493 e. The number of pyridine rings is 2. The highest BCUT2D eigenvalue weighted by Gasteiger charge is 2.19. The minimum absolute atomic E-state index is 0.286. The van der Waals surface area contributed by atoms with Gasteiger partial charge < -0.3 is 19.5 Å². The maximum Gasteiger partial charge on any atom is 0.229 e. The third kappa shape index (κ3) is 5.03. The number of nitrogens with one attached hydrogen (secondary N) is 1. The second-order valence-corrected chi connectivity index (χ2v) is 9.41. The molecule has 188 valence electrons. The SMILES string of the molecule is CCN1CCN(Cc2ccc(Nc3ncc(OC)c(-c4cn(C(C)C)c5cccnc45)n3)nc2)CC1. The van der Waals surface area contributed by atoms with Crippen LogP contribution in [0.5, 0.6) is 5.75 Å². The van der Waals surface area contributed by atoms with Crippen molar-refractivity contribution >= 4 is 22.8 Å². The lowest BCUT2D eigenvalue weighted by atomic mass is 10.2. The zero-order valence-electron chi connectivity index (χ0n) is 21.5. The molecular weight excluding hydrogens is 452 g/mol. The number of methoxy groups -OCH3 is 1. The molecule has 5 heterocycles. The third-order valence-corrected chi connectivity index (χ3v) is 6.76. The molecule has 1 fully saturated rings. The van der Waals surface area contributed by atoms with Crippen LogP contribution in [0.2, 0.25) is 0 Å². The van der Waals surface area contributed by atoms with Gasteiger partial charge in [0.15, 0.2) is 5.75 Å². The first-order valence-corrected chi connectivity index (χ1v) is 12.6. The molecule has 1 aliphatic rings. The highest BCUT2D eigenvalue weighted by molar-refractivity contribution is 5.93. The lowest BCUT2D eigenvalue weighted by Gasteiger charge is -2.33. The summed E-state index contributed by atoms with van der Waals surface area (Å²) < 4.78 is 7.82. The number of ether oxygens (including phenoxy) is 1. The number of nitrogens with zero attached hydrogens (tertiary/aromatic N) is 7. The Morgan fingerprint density at radius 3 is 2.50 bits per heavy atom. The zero-order valence-corrected chi connectivity index (χ0v) is 21.5. The summed E-state index contributed by atoms with van der Waals surface area (Å²) in [6.45, 7) is 13.0. The molecular formula is C27H34N8O. The Labute approximate surface area is 212 Å². The molecule has 0 saturated carbocycles. The van der Waals surface area contributed by atoms with E-state index in [1.807, 2.05) is 18.3 Å². The smallest absolute Gasteiger partial charge is 0.229 e. The van der Waals surface area contributed by atoms with E-state index in [-0.39, 0.29) is 6.04 Å². The number of hydrogen-bond acceptors (Lipinski definition) is 8. The summed E-state index contributed by atoms with van der Waals surface area (Å²) >= 11 is 0. The molecule has 0 unspecified atom stereocenters. The van der Waals surface area contributed by atoms with E-state index >= 15 is 0 Å². The highest BCUT2D eigenvalue weighted by Crippen LogP contribution is 2.35. The van der Waals surface area contributed by atoms with Gasteiger partial charge in [-0.25, -0.2) is 15.0 Å². The van der Waals surface area contributed by atoms with Crippen LogP contribution < -0.4 is 10.1 Å².